The van der Waals surface area contributed by atoms with Crippen LogP contribution in [0.15, 0.2) is 34.9 Å². The highest BCUT2D eigenvalue weighted by Gasteiger charge is 2.53. The molecule has 1 fully saturated rings. The summed E-state index contributed by atoms with van der Waals surface area (Å²) < 4.78 is 5.45. The molecule has 3 aliphatic rings. The maximum absolute atomic E-state index is 5.45. The predicted octanol–water partition coefficient (Wildman–Crippen LogP) is 4.03. The Bertz CT molecular complexity index is 598. The molecule has 2 aromatic rings. The van der Waals surface area contributed by atoms with Gasteiger partial charge in [-0.15, -0.1) is 0 Å². The van der Waals surface area contributed by atoms with E-state index in [9.17, 15) is 0 Å². The molecule has 0 unspecified atom stereocenters. The first-order valence-electron chi connectivity index (χ1n) is 6.70. The molecule has 2 bridgehead atoms. The van der Waals surface area contributed by atoms with Gasteiger partial charge >= 0.3 is 0 Å². The third-order valence-electron chi connectivity index (χ3n) is 5.05. The van der Waals surface area contributed by atoms with Crippen LogP contribution in [0.3, 0.4) is 0 Å². The van der Waals surface area contributed by atoms with Crippen LogP contribution in [0.25, 0.3) is 11.5 Å². The second-order valence-corrected chi connectivity index (χ2v) is 6.23. The van der Waals surface area contributed by atoms with E-state index in [1.807, 2.05) is 12.1 Å². The molecule has 0 saturated heterocycles. The molecule has 0 amide bonds. The van der Waals surface area contributed by atoms with Gasteiger partial charge in [0.15, 0.2) is 5.76 Å². The van der Waals surface area contributed by atoms with Gasteiger partial charge in [0.1, 0.15) is 5.69 Å². The average molecular weight is 239 g/mol. The Balaban J connectivity index is 1.83. The SMILES string of the molecule is CC1(C)[C@@H]2Cc3ccc(-c4ccco4)nc3[C@H]1C2. The highest BCUT2D eigenvalue weighted by Crippen LogP contribution is 2.61. The molecule has 0 spiro atoms. The molecule has 2 aromatic heterocycles. The molecule has 2 atom stereocenters. The lowest BCUT2D eigenvalue weighted by Crippen LogP contribution is -2.48. The minimum atomic E-state index is 0.432. The molecule has 0 aliphatic heterocycles. The van der Waals surface area contributed by atoms with Crippen LogP contribution in [0, 0.1) is 11.3 Å². The zero-order valence-corrected chi connectivity index (χ0v) is 10.8. The van der Waals surface area contributed by atoms with Gasteiger partial charge in [0.05, 0.1) is 6.26 Å². The lowest BCUT2D eigenvalue weighted by molar-refractivity contribution is 0.0156. The first kappa shape index (κ1) is 10.4. The van der Waals surface area contributed by atoms with E-state index >= 15 is 0 Å². The highest BCUT2D eigenvalue weighted by molar-refractivity contribution is 5.54. The number of hydrogen-bond donors (Lipinski definition) is 0. The second kappa shape index (κ2) is 3.25. The molecule has 3 aliphatic carbocycles. The van der Waals surface area contributed by atoms with Gasteiger partial charge in [-0.25, -0.2) is 4.98 Å². The molecular formula is C16H17NO. The van der Waals surface area contributed by atoms with Gasteiger partial charge in [0.25, 0.3) is 0 Å². The summed E-state index contributed by atoms with van der Waals surface area (Å²) in [6.45, 7) is 4.77. The van der Waals surface area contributed by atoms with E-state index < -0.39 is 0 Å². The Labute approximate surface area is 107 Å². The normalized spacial score (nSPS) is 27.4. The monoisotopic (exact) mass is 239 g/mol. The Morgan fingerprint density at radius 2 is 2.17 bits per heavy atom. The van der Waals surface area contributed by atoms with Crippen molar-refractivity contribution < 1.29 is 4.42 Å². The van der Waals surface area contributed by atoms with Crippen LogP contribution in [0.1, 0.15) is 37.4 Å². The summed E-state index contributed by atoms with van der Waals surface area (Å²) in [7, 11) is 0. The van der Waals surface area contributed by atoms with Gasteiger partial charge in [-0.05, 0) is 47.9 Å². The maximum atomic E-state index is 5.45. The molecule has 0 radical (unpaired) electrons. The predicted molar refractivity (Wildman–Crippen MR) is 70.3 cm³/mol. The summed E-state index contributed by atoms with van der Waals surface area (Å²) in [6.07, 6.45) is 4.22. The van der Waals surface area contributed by atoms with Crippen LogP contribution in [0.5, 0.6) is 0 Å². The van der Waals surface area contributed by atoms with E-state index in [2.05, 4.69) is 26.0 Å². The number of nitrogens with zero attached hydrogens (tertiary/aromatic N) is 1. The molecule has 18 heavy (non-hydrogen) atoms. The molecule has 0 aromatic carbocycles. The van der Waals surface area contributed by atoms with Gasteiger partial charge < -0.3 is 4.42 Å². The lowest BCUT2D eigenvalue weighted by atomic mass is 9.48. The average Bonchev–Trinajstić information content (AvgIpc) is 2.91. The smallest absolute Gasteiger partial charge is 0.152 e. The number of aromatic nitrogens is 1. The first-order chi connectivity index (χ1) is 8.66. The van der Waals surface area contributed by atoms with Crippen molar-refractivity contribution in [2.24, 2.45) is 11.3 Å². The van der Waals surface area contributed by atoms with Crippen molar-refractivity contribution in [2.75, 3.05) is 0 Å². The van der Waals surface area contributed by atoms with Crippen molar-refractivity contribution in [2.45, 2.75) is 32.6 Å². The number of hydrogen-bond acceptors (Lipinski definition) is 2. The summed E-state index contributed by atoms with van der Waals surface area (Å²) >= 11 is 0. The number of furan rings is 1. The molecule has 5 rings (SSSR count). The second-order valence-electron chi connectivity index (χ2n) is 6.23. The van der Waals surface area contributed by atoms with Crippen molar-refractivity contribution in [1.29, 1.82) is 0 Å². The van der Waals surface area contributed by atoms with Crippen molar-refractivity contribution in [1.82, 2.24) is 4.98 Å². The van der Waals surface area contributed by atoms with E-state index in [1.165, 1.54) is 24.1 Å². The summed E-state index contributed by atoms with van der Waals surface area (Å²) in [5, 5.41) is 0. The van der Waals surface area contributed by atoms with Crippen LogP contribution < -0.4 is 0 Å². The standard InChI is InChI=1S/C16H17NO/c1-16(2)11-8-10-5-6-13(14-4-3-7-18-14)17-15(10)12(16)9-11/h3-7,11-12H,8-9H2,1-2H3/t11-,12-/m1/s1. The van der Waals surface area contributed by atoms with Crippen LogP contribution >= 0.6 is 0 Å². The van der Waals surface area contributed by atoms with Gasteiger partial charge in [-0.1, -0.05) is 19.9 Å². The van der Waals surface area contributed by atoms with E-state index in [-0.39, 0.29) is 0 Å². The minimum Gasteiger partial charge on any atom is -0.463 e. The van der Waals surface area contributed by atoms with Crippen LogP contribution in [0.2, 0.25) is 0 Å². The van der Waals surface area contributed by atoms with Gasteiger partial charge in [-0.3, -0.25) is 0 Å². The summed E-state index contributed by atoms with van der Waals surface area (Å²) in [5.74, 6) is 2.37. The van der Waals surface area contributed by atoms with Crippen LogP contribution in [0.4, 0.5) is 0 Å². The van der Waals surface area contributed by atoms with E-state index in [0.717, 1.165) is 17.4 Å². The zero-order valence-electron chi connectivity index (χ0n) is 10.8. The largest absolute Gasteiger partial charge is 0.463 e. The van der Waals surface area contributed by atoms with Crippen molar-refractivity contribution in [3.63, 3.8) is 0 Å². The van der Waals surface area contributed by atoms with Gasteiger partial charge in [0, 0.05) is 11.6 Å². The molecule has 92 valence electrons. The highest BCUT2D eigenvalue weighted by atomic mass is 16.3. The fourth-order valence-corrected chi connectivity index (χ4v) is 3.63. The maximum Gasteiger partial charge on any atom is 0.152 e. The molecule has 0 N–H and O–H groups in total. The molecule has 2 nitrogen and oxygen atoms in total. The fraction of sp³-hybridized carbons (Fsp3) is 0.438. The molecule has 1 saturated carbocycles. The summed E-state index contributed by atoms with van der Waals surface area (Å²) in [5.41, 5.74) is 4.17. The topological polar surface area (TPSA) is 26.0 Å². The van der Waals surface area contributed by atoms with Gasteiger partial charge in [0.2, 0.25) is 0 Å². The zero-order chi connectivity index (χ0) is 12.3. The Hall–Kier alpha value is -1.57. The first-order valence-corrected chi connectivity index (χ1v) is 6.70. The molecular weight excluding hydrogens is 222 g/mol. The van der Waals surface area contributed by atoms with Crippen LogP contribution in [-0.2, 0) is 6.42 Å². The van der Waals surface area contributed by atoms with Gasteiger partial charge in [-0.2, -0.15) is 0 Å². The number of pyridine rings is 1. The third kappa shape index (κ3) is 1.21. The quantitative estimate of drug-likeness (QED) is 0.751. The third-order valence-corrected chi connectivity index (χ3v) is 5.05. The van der Waals surface area contributed by atoms with Crippen molar-refractivity contribution in [3.8, 4) is 11.5 Å². The minimum absolute atomic E-state index is 0.432. The summed E-state index contributed by atoms with van der Waals surface area (Å²) in [4.78, 5) is 4.88. The Morgan fingerprint density at radius 3 is 2.89 bits per heavy atom. The van der Waals surface area contributed by atoms with E-state index in [1.54, 1.807) is 6.26 Å². The Morgan fingerprint density at radius 1 is 1.28 bits per heavy atom. The van der Waals surface area contributed by atoms with Crippen LogP contribution in [-0.4, -0.2) is 4.98 Å². The van der Waals surface area contributed by atoms with Crippen molar-refractivity contribution >= 4 is 0 Å². The number of rotatable bonds is 1. The van der Waals surface area contributed by atoms with E-state index in [4.69, 9.17) is 9.40 Å². The molecule has 2 heterocycles. The fourth-order valence-electron chi connectivity index (χ4n) is 3.63. The Kier molecular flexibility index (Phi) is 1.87. The van der Waals surface area contributed by atoms with Crippen molar-refractivity contribution in [3.05, 3.63) is 41.8 Å². The lowest BCUT2D eigenvalue weighted by Gasteiger charge is -2.56. The van der Waals surface area contributed by atoms with E-state index in [0.29, 0.717) is 11.3 Å². The molecule has 2 heteroatoms. The summed E-state index contributed by atoms with van der Waals surface area (Å²) in [6, 6.07) is 8.23.